The Labute approximate surface area is 393 Å². The fourth-order valence-electron chi connectivity index (χ4n) is 11.7. The van der Waals surface area contributed by atoms with Crippen LogP contribution in [0.15, 0.2) is 246 Å². The Bertz CT molecular complexity index is 3700. The summed E-state index contributed by atoms with van der Waals surface area (Å²) in [5, 5.41) is 2.33. The number of rotatable bonds is 4. The van der Waals surface area contributed by atoms with Gasteiger partial charge in [-0.05, 0) is 102 Å². The van der Waals surface area contributed by atoms with Crippen molar-refractivity contribution in [2.24, 2.45) is 0 Å². The Balaban J connectivity index is 0.943. The molecule has 2 heterocycles. The minimum atomic E-state index is -0.563. The molecular weight excluding hydrogens is 831 g/mol. The zero-order valence-electron chi connectivity index (χ0n) is 36.3. The maximum absolute atomic E-state index is 5.12. The van der Waals surface area contributed by atoms with E-state index in [2.05, 4.69) is 218 Å². The Kier molecular flexibility index (Phi) is 8.34. The first-order valence-corrected chi connectivity index (χ1v) is 23.7. The Morgan fingerprint density at radius 1 is 0.254 bits per heavy atom. The number of aromatic nitrogens is 3. The summed E-state index contributed by atoms with van der Waals surface area (Å²) in [6.45, 7) is 0. The summed E-state index contributed by atoms with van der Waals surface area (Å²) in [5.74, 6) is 1.94. The molecule has 0 unspecified atom stereocenters. The summed E-state index contributed by atoms with van der Waals surface area (Å²) >= 11 is 1.89. The van der Waals surface area contributed by atoms with Crippen LogP contribution in [-0.2, 0) is 10.8 Å². The number of benzene rings is 10. The van der Waals surface area contributed by atoms with Crippen molar-refractivity contribution in [2.45, 2.75) is 20.6 Å². The van der Waals surface area contributed by atoms with Gasteiger partial charge in [-0.25, -0.2) is 15.0 Å². The molecular formula is C63H39N3S. The summed E-state index contributed by atoms with van der Waals surface area (Å²) in [6, 6.07) is 86.8. The highest BCUT2D eigenvalue weighted by Gasteiger charge is 2.58. The third-order valence-electron chi connectivity index (χ3n) is 14.5. The molecule has 1 aliphatic heterocycles. The molecule has 0 fully saturated rings. The first-order chi connectivity index (χ1) is 33.2. The molecule has 11 aromatic rings. The SMILES string of the molecule is c1ccc(-c2nc(-c3ccc(-c4ccc5c(c4)C4(c6ccccc6-5)c5ccccc5C5(c6ccccc6Sc6ccccc65)c5ccccc54)cc3)nc(-c3ccc4ccccc4c3)n2)cc1. The third-order valence-corrected chi connectivity index (χ3v) is 15.6. The van der Waals surface area contributed by atoms with Crippen molar-refractivity contribution in [1.82, 2.24) is 15.0 Å². The summed E-state index contributed by atoms with van der Waals surface area (Å²) in [7, 11) is 0. The van der Waals surface area contributed by atoms with E-state index in [-0.39, 0.29) is 0 Å². The molecule has 14 rings (SSSR count). The van der Waals surface area contributed by atoms with Crippen LogP contribution in [0.25, 0.3) is 67.2 Å². The Morgan fingerprint density at radius 2 is 0.672 bits per heavy atom. The van der Waals surface area contributed by atoms with Crippen LogP contribution in [0.1, 0.15) is 44.5 Å². The summed E-state index contributed by atoms with van der Waals surface area (Å²) in [4.78, 5) is 17.8. The molecule has 0 radical (unpaired) electrons. The van der Waals surface area contributed by atoms with Crippen molar-refractivity contribution in [2.75, 3.05) is 0 Å². The number of hydrogen-bond acceptors (Lipinski definition) is 4. The minimum absolute atomic E-state index is 0.508. The average Bonchev–Trinajstić information content (AvgIpc) is 3.70. The fourth-order valence-corrected chi connectivity index (χ4v) is 12.9. The van der Waals surface area contributed by atoms with Gasteiger partial charge in [-0.15, -0.1) is 0 Å². The zero-order valence-corrected chi connectivity index (χ0v) is 37.1. The second kappa shape index (κ2) is 14.7. The molecule has 312 valence electrons. The normalized spacial score (nSPS) is 14.1. The summed E-state index contributed by atoms with van der Waals surface area (Å²) in [5.41, 5.74) is 17.3. The third kappa shape index (κ3) is 5.45. The van der Waals surface area contributed by atoms with Gasteiger partial charge in [-0.3, -0.25) is 0 Å². The number of fused-ring (bicyclic) bond motifs is 16. The molecule has 0 bridgehead atoms. The fraction of sp³-hybridized carbons (Fsp3) is 0.0317. The van der Waals surface area contributed by atoms with Gasteiger partial charge in [0.2, 0.25) is 0 Å². The average molecular weight is 870 g/mol. The monoisotopic (exact) mass is 869 g/mol. The second-order valence-corrected chi connectivity index (χ2v) is 18.9. The molecule has 0 saturated heterocycles. The van der Waals surface area contributed by atoms with Crippen LogP contribution in [0, 0.1) is 0 Å². The molecule has 67 heavy (non-hydrogen) atoms. The highest BCUT2D eigenvalue weighted by molar-refractivity contribution is 7.99. The molecule has 4 heteroatoms. The van der Waals surface area contributed by atoms with Gasteiger partial charge >= 0.3 is 0 Å². The van der Waals surface area contributed by atoms with Gasteiger partial charge in [0.15, 0.2) is 17.5 Å². The van der Waals surface area contributed by atoms with Gasteiger partial charge < -0.3 is 0 Å². The van der Waals surface area contributed by atoms with Crippen LogP contribution in [-0.4, -0.2) is 15.0 Å². The molecule has 0 atom stereocenters. The van der Waals surface area contributed by atoms with Crippen LogP contribution in [0.4, 0.5) is 0 Å². The quantitative estimate of drug-likeness (QED) is 0.177. The van der Waals surface area contributed by atoms with Crippen molar-refractivity contribution in [3.8, 4) is 56.4 Å². The van der Waals surface area contributed by atoms with Crippen molar-refractivity contribution in [3.63, 3.8) is 0 Å². The van der Waals surface area contributed by atoms with Crippen LogP contribution in [0.5, 0.6) is 0 Å². The highest BCUT2D eigenvalue weighted by atomic mass is 32.2. The molecule has 3 aliphatic rings. The lowest BCUT2D eigenvalue weighted by Crippen LogP contribution is -2.45. The van der Waals surface area contributed by atoms with Crippen LogP contribution >= 0.6 is 11.8 Å². The lowest BCUT2D eigenvalue weighted by Gasteiger charge is -2.51. The predicted molar refractivity (Wildman–Crippen MR) is 272 cm³/mol. The largest absolute Gasteiger partial charge is 0.208 e. The second-order valence-electron chi connectivity index (χ2n) is 17.8. The topological polar surface area (TPSA) is 38.7 Å². The number of hydrogen-bond donors (Lipinski definition) is 0. The molecule has 3 nitrogen and oxygen atoms in total. The first kappa shape index (κ1) is 38.1. The highest BCUT2D eigenvalue weighted by Crippen LogP contribution is 2.67. The minimum Gasteiger partial charge on any atom is -0.208 e. The van der Waals surface area contributed by atoms with Gasteiger partial charge in [0, 0.05) is 26.5 Å². The predicted octanol–water partition coefficient (Wildman–Crippen LogP) is 15.2. The molecule has 2 aliphatic carbocycles. The molecule has 10 aromatic carbocycles. The molecule has 0 saturated carbocycles. The van der Waals surface area contributed by atoms with Gasteiger partial charge in [0.05, 0.1) is 10.8 Å². The van der Waals surface area contributed by atoms with Crippen molar-refractivity contribution < 1.29 is 0 Å². The van der Waals surface area contributed by atoms with Crippen LogP contribution in [0.2, 0.25) is 0 Å². The lowest BCUT2D eigenvalue weighted by molar-refractivity contribution is 0.605. The Hall–Kier alpha value is -8.18. The van der Waals surface area contributed by atoms with Gasteiger partial charge in [-0.1, -0.05) is 224 Å². The van der Waals surface area contributed by atoms with Gasteiger partial charge in [0.25, 0.3) is 0 Å². The zero-order chi connectivity index (χ0) is 44.1. The Morgan fingerprint density at radius 3 is 1.30 bits per heavy atom. The van der Waals surface area contributed by atoms with E-state index < -0.39 is 10.8 Å². The van der Waals surface area contributed by atoms with E-state index in [1.54, 1.807) is 0 Å². The standard InChI is InChI=1S/C63H39N3S/c1-2-17-42(18-3-1)59-64-60(66-61(65-59)46-35-32-40-16-4-5-19-44(40)38-46)43-33-30-41(31-34-43)45-36-37-48-47-20-6-7-21-49(47)62(56(48)39-45)50-22-8-10-24-52(50)63(53-25-11-9-23-51(53)62)54-26-12-14-28-57(54)67-58-29-15-13-27-55(58)63/h1-39H. The van der Waals surface area contributed by atoms with E-state index in [1.165, 1.54) is 70.8 Å². The molecule has 2 spiro atoms. The van der Waals surface area contributed by atoms with Crippen molar-refractivity contribution >= 4 is 22.5 Å². The smallest absolute Gasteiger partial charge is 0.164 e. The van der Waals surface area contributed by atoms with Crippen molar-refractivity contribution in [3.05, 3.63) is 281 Å². The van der Waals surface area contributed by atoms with Gasteiger partial charge in [-0.2, -0.15) is 0 Å². The number of nitrogens with zero attached hydrogens (tertiary/aromatic N) is 3. The maximum atomic E-state index is 5.12. The van der Waals surface area contributed by atoms with E-state index in [1.807, 2.05) is 30.0 Å². The molecule has 0 N–H and O–H groups in total. The van der Waals surface area contributed by atoms with Crippen LogP contribution < -0.4 is 0 Å². The summed E-state index contributed by atoms with van der Waals surface area (Å²) < 4.78 is 0. The van der Waals surface area contributed by atoms with E-state index in [0.29, 0.717) is 17.5 Å². The van der Waals surface area contributed by atoms with Gasteiger partial charge in [0.1, 0.15) is 0 Å². The van der Waals surface area contributed by atoms with E-state index >= 15 is 0 Å². The first-order valence-electron chi connectivity index (χ1n) is 22.9. The molecule has 0 amide bonds. The molecule has 1 aromatic heterocycles. The van der Waals surface area contributed by atoms with E-state index in [0.717, 1.165) is 33.2 Å². The van der Waals surface area contributed by atoms with Crippen molar-refractivity contribution in [1.29, 1.82) is 0 Å². The van der Waals surface area contributed by atoms with E-state index in [9.17, 15) is 0 Å². The summed E-state index contributed by atoms with van der Waals surface area (Å²) in [6.07, 6.45) is 0. The van der Waals surface area contributed by atoms with E-state index in [4.69, 9.17) is 15.0 Å². The van der Waals surface area contributed by atoms with Crippen LogP contribution in [0.3, 0.4) is 0 Å². The lowest BCUT2D eigenvalue weighted by atomic mass is 9.51. The maximum Gasteiger partial charge on any atom is 0.164 e.